The molecule has 0 aliphatic carbocycles. The number of halogens is 3. The van der Waals surface area contributed by atoms with E-state index >= 15 is 0 Å². The summed E-state index contributed by atoms with van der Waals surface area (Å²) in [5.41, 5.74) is 1.62. The van der Waals surface area contributed by atoms with Gasteiger partial charge in [0.05, 0.1) is 39.4 Å². The number of amides is 3. The van der Waals surface area contributed by atoms with E-state index in [1.807, 2.05) is 70.3 Å². The third-order valence-corrected chi connectivity index (χ3v) is 11.8. The Labute approximate surface area is 302 Å². The van der Waals surface area contributed by atoms with Crippen molar-refractivity contribution in [2.24, 2.45) is 11.8 Å². The summed E-state index contributed by atoms with van der Waals surface area (Å²) in [5.74, 6) is -0.815. The Morgan fingerprint density at radius 1 is 1.06 bits per heavy atom. The number of benzene rings is 2. The highest BCUT2D eigenvalue weighted by Crippen LogP contribution is 2.35. The van der Waals surface area contributed by atoms with Crippen LogP contribution >= 0.6 is 46.1 Å². The van der Waals surface area contributed by atoms with E-state index in [4.69, 9.17) is 34.8 Å². The molecule has 1 aliphatic rings. The van der Waals surface area contributed by atoms with Crippen LogP contribution in [0.25, 0.3) is 0 Å². The van der Waals surface area contributed by atoms with Gasteiger partial charge in [0.15, 0.2) is 0 Å². The van der Waals surface area contributed by atoms with Gasteiger partial charge in [-0.2, -0.15) is 4.31 Å². The predicted molar refractivity (Wildman–Crippen MR) is 191 cm³/mol. The van der Waals surface area contributed by atoms with E-state index in [1.54, 1.807) is 9.80 Å². The first-order chi connectivity index (χ1) is 22.6. The van der Waals surface area contributed by atoms with Crippen LogP contribution in [0, 0.1) is 18.8 Å². The van der Waals surface area contributed by atoms with Crippen LogP contribution in [0.5, 0.6) is 0 Å². The van der Waals surface area contributed by atoms with Crippen molar-refractivity contribution >= 4 is 68.1 Å². The topological polar surface area (TPSA) is 123 Å². The molecule has 0 bridgehead atoms. The van der Waals surface area contributed by atoms with E-state index in [9.17, 15) is 23.1 Å². The average molecular weight is 759 g/mol. The third kappa shape index (κ3) is 9.41. The van der Waals surface area contributed by atoms with Gasteiger partial charge in [-0.1, -0.05) is 92.8 Å². The van der Waals surface area contributed by atoms with Crippen LogP contribution < -0.4 is 5.32 Å². The number of urea groups is 1. The minimum Gasteiger partial charge on any atom is -0.390 e. The fourth-order valence-electron chi connectivity index (χ4n) is 5.82. The zero-order valence-electron chi connectivity index (χ0n) is 27.6. The summed E-state index contributed by atoms with van der Waals surface area (Å²) < 4.78 is 29.1. The minimum atomic E-state index is -4.31. The van der Waals surface area contributed by atoms with Gasteiger partial charge in [0.1, 0.15) is 10.9 Å². The van der Waals surface area contributed by atoms with Gasteiger partial charge in [-0.15, -0.1) is 11.3 Å². The van der Waals surface area contributed by atoms with E-state index in [-0.39, 0.29) is 57.3 Å². The number of sulfonamides is 1. The maximum Gasteiger partial charge on any atom is 0.321 e. The van der Waals surface area contributed by atoms with Crippen molar-refractivity contribution < 1.29 is 23.1 Å². The fourth-order valence-corrected chi connectivity index (χ4v) is 9.54. The first-order valence-electron chi connectivity index (χ1n) is 15.7. The molecule has 1 saturated heterocycles. The number of aromatic nitrogens is 1. The van der Waals surface area contributed by atoms with Gasteiger partial charge in [-0.3, -0.25) is 4.79 Å². The smallest absolute Gasteiger partial charge is 0.321 e. The highest BCUT2D eigenvalue weighted by atomic mass is 35.5. The van der Waals surface area contributed by atoms with E-state index in [1.165, 1.54) is 23.5 Å². The van der Waals surface area contributed by atoms with Gasteiger partial charge in [0.2, 0.25) is 15.9 Å². The normalized spacial score (nSPS) is 15.9. The monoisotopic (exact) mass is 757 g/mol. The minimum absolute atomic E-state index is 0.0475. The molecule has 3 amide bonds. The molecule has 262 valence electrons. The van der Waals surface area contributed by atoms with Crippen LogP contribution in [-0.4, -0.2) is 88.9 Å². The quantitative estimate of drug-likeness (QED) is 0.193. The zero-order valence-corrected chi connectivity index (χ0v) is 31.5. The Kier molecular flexibility index (Phi) is 13.2. The predicted octanol–water partition coefficient (Wildman–Crippen LogP) is 6.11. The lowest BCUT2D eigenvalue weighted by Gasteiger charge is -2.34. The molecule has 0 radical (unpaired) electrons. The van der Waals surface area contributed by atoms with Crippen molar-refractivity contribution in [3.05, 3.63) is 79.2 Å². The number of thiazole rings is 1. The van der Waals surface area contributed by atoms with Gasteiger partial charge in [0, 0.05) is 36.6 Å². The lowest BCUT2D eigenvalue weighted by Crippen LogP contribution is -2.57. The molecule has 1 aromatic heterocycles. The summed E-state index contributed by atoms with van der Waals surface area (Å²) in [4.78, 5) is 35.0. The number of carbonyl (C=O) groups is 2. The Morgan fingerprint density at radius 3 is 2.27 bits per heavy atom. The Hall–Kier alpha value is -2.45. The second kappa shape index (κ2) is 16.5. The number of hydrogen-bond acceptors (Lipinski definition) is 7. The molecule has 2 heterocycles. The number of hydrogen-bond donors (Lipinski definition) is 2. The van der Waals surface area contributed by atoms with Gasteiger partial charge in [-0.05, 0) is 42.9 Å². The maximum atomic E-state index is 14.1. The molecule has 10 nitrogen and oxygen atoms in total. The van der Waals surface area contributed by atoms with Crippen molar-refractivity contribution in [2.45, 2.75) is 70.7 Å². The summed E-state index contributed by atoms with van der Waals surface area (Å²) in [5, 5.41) is 17.5. The first kappa shape index (κ1) is 38.4. The molecule has 2 N–H and O–H groups in total. The van der Waals surface area contributed by atoms with E-state index in [0.717, 1.165) is 20.6 Å². The number of nitrogens with one attached hydrogen (secondary N) is 1. The van der Waals surface area contributed by atoms with Crippen molar-refractivity contribution in [2.75, 3.05) is 26.2 Å². The fraction of sp³-hybridized carbons (Fsp3) is 0.485. The molecule has 2 aromatic carbocycles. The highest BCUT2D eigenvalue weighted by Gasteiger charge is 2.41. The molecule has 1 fully saturated rings. The van der Waals surface area contributed by atoms with Crippen LogP contribution in [0.4, 0.5) is 4.79 Å². The van der Waals surface area contributed by atoms with Crippen molar-refractivity contribution in [3.8, 4) is 0 Å². The largest absolute Gasteiger partial charge is 0.390 e. The highest BCUT2D eigenvalue weighted by molar-refractivity contribution is 7.89. The summed E-state index contributed by atoms with van der Waals surface area (Å²) in [6, 6.07) is 9.88. The number of nitrogens with zero attached hydrogens (tertiary/aromatic N) is 4. The molecule has 15 heteroatoms. The van der Waals surface area contributed by atoms with Gasteiger partial charge >= 0.3 is 6.03 Å². The lowest BCUT2D eigenvalue weighted by atomic mass is 9.97. The van der Waals surface area contributed by atoms with E-state index in [0.29, 0.717) is 19.6 Å². The standard InChI is InChI=1S/C33H42Cl3N5O5S2/c1-20(2)16-40(48(45,46)31-26(35)14-24(34)15-27(31)36)18-29(42)28(13-23-9-7-6-8-10-23)38-32(43)30(21(3)4)41-12-11-39(33(41)44)17-25-19-47-22(5)37-25/h6-10,14-15,19-21,28-30,42H,11-13,16-18H2,1-5H3,(H,38,43)/t28-,29+,30?/m0/s1. The molecular weight excluding hydrogens is 717 g/mol. The summed E-state index contributed by atoms with van der Waals surface area (Å²) in [6.45, 7) is 10.2. The first-order valence-corrected chi connectivity index (χ1v) is 19.2. The van der Waals surface area contributed by atoms with Crippen LogP contribution in [0.15, 0.2) is 52.7 Å². The molecule has 48 heavy (non-hydrogen) atoms. The average Bonchev–Trinajstić information content (AvgIpc) is 3.56. The summed E-state index contributed by atoms with van der Waals surface area (Å²) >= 11 is 20.2. The van der Waals surface area contributed by atoms with Crippen molar-refractivity contribution in [1.29, 1.82) is 0 Å². The van der Waals surface area contributed by atoms with Gasteiger partial charge in [0.25, 0.3) is 0 Å². The lowest BCUT2D eigenvalue weighted by molar-refractivity contribution is -0.128. The van der Waals surface area contributed by atoms with Gasteiger partial charge in [-0.25, -0.2) is 18.2 Å². The maximum absolute atomic E-state index is 14.1. The SMILES string of the molecule is Cc1nc(CN2CCN(C(C(=O)N[C@@H](Cc3ccccc3)[C@H](O)CN(CC(C)C)S(=O)(=O)c3c(Cl)cc(Cl)cc3Cl)C(C)C)C2=O)cs1. The Bertz CT molecular complexity index is 1670. The van der Waals surface area contributed by atoms with Crippen LogP contribution in [0.2, 0.25) is 15.1 Å². The number of aryl methyl sites for hydroxylation is 1. The number of aliphatic hydroxyl groups is 1. The molecular formula is C33H42Cl3N5O5S2. The van der Waals surface area contributed by atoms with E-state index in [2.05, 4.69) is 10.3 Å². The second-order valence-corrected chi connectivity index (χ2v) is 16.9. The Morgan fingerprint density at radius 2 is 1.71 bits per heavy atom. The van der Waals surface area contributed by atoms with Crippen LogP contribution in [0.1, 0.15) is 44.0 Å². The van der Waals surface area contributed by atoms with Crippen LogP contribution in [0.3, 0.4) is 0 Å². The second-order valence-electron chi connectivity index (χ2n) is 12.7. The summed E-state index contributed by atoms with van der Waals surface area (Å²) in [6.07, 6.45) is -1.14. The molecule has 1 aliphatic heterocycles. The molecule has 4 rings (SSSR count). The molecule has 1 unspecified atom stereocenters. The van der Waals surface area contributed by atoms with Crippen LogP contribution in [-0.2, 0) is 27.8 Å². The Balaban J connectivity index is 1.60. The third-order valence-electron chi connectivity index (χ3n) is 7.99. The van der Waals surface area contributed by atoms with Crippen molar-refractivity contribution in [1.82, 2.24) is 24.4 Å². The molecule has 0 spiro atoms. The van der Waals surface area contributed by atoms with Crippen molar-refractivity contribution in [3.63, 3.8) is 0 Å². The van der Waals surface area contributed by atoms with E-state index < -0.39 is 34.1 Å². The van der Waals surface area contributed by atoms with Gasteiger partial charge < -0.3 is 20.2 Å². The molecule has 3 aromatic rings. The summed E-state index contributed by atoms with van der Waals surface area (Å²) in [7, 11) is -4.31. The number of rotatable bonds is 15. The number of aliphatic hydroxyl groups excluding tert-OH is 1. The number of carbonyl (C=O) groups excluding carboxylic acids is 2. The molecule has 3 atom stereocenters. The molecule has 0 saturated carbocycles. The zero-order chi connectivity index (χ0) is 35.3.